The third-order valence-electron chi connectivity index (χ3n) is 2.87. The molecular formula is C11H25N3O. The number of hydrogen-bond acceptors (Lipinski definition) is 3. The summed E-state index contributed by atoms with van der Waals surface area (Å²) >= 11 is 0. The normalized spacial score (nSPS) is 15.3. The zero-order valence-corrected chi connectivity index (χ0v) is 10.2. The molecule has 4 N–H and O–H groups in total. The molecule has 0 aromatic heterocycles. The summed E-state index contributed by atoms with van der Waals surface area (Å²) in [7, 11) is 0. The lowest BCUT2D eigenvalue weighted by Crippen LogP contribution is -2.44. The molecular weight excluding hydrogens is 190 g/mol. The number of rotatable bonds is 8. The highest BCUT2D eigenvalue weighted by atomic mass is 16.1. The number of nitrogens with zero attached hydrogens (tertiary/aromatic N) is 1. The smallest absolute Gasteiger partial charge is 0.219 e. The minimum Gasteiger partial charge on any atom is -0.370 e. The first-order valence-electron chi connectivity index (χ1n) is 5.77. The van der Waals surface area contributed by atoms with Gasteiger partial charge in [0.1, 0.15) is 0 Å². The summed E-state index contributed by atoms with van der Waals surface area (Å²) < 4.78 is 0. The summed E-state index contributed by atoms with van der Waals surface area (Å²) in [5.74, 6) is 0.361. The van der Waals surface area contributed by atoms with E-state index in [-0.39, 0.29) is 11.9 Å². The molecule has 0 heterocycles. The molecule has 90 valence electrons. The fraction of sp³-hybridized carbons (Fsp3) is 0.909. The van der Waals surface area contributed by atoms with Gasteiger partial charge in [0.25, 0.3) is 0 Å². The zero-order valence-electron chi connectivity index (χ0n) is 10.2. The van der Waals surface area contributed by atoms with Crippen molar-refractivity contribution in [1.82, 2.24) is 4.90 Å². The standard InChI is InChI=1S/C11H25N3O/c1-4-9(3)8-14(5-2)10(7-12)6-11(13)15/h9-10H,4-8,12H2,1-3H3,(H2,13,15). The predicted molar refractivity (Wildman–Crippen MR) is 63.4 cm³/mol. The van der Waals surface area contributed by atoms with E-state index in [1.165, 1.54) is 0 Å². The predicted octanol–water partition coefficient (Wildman–Crippen LogP) is 0.557. The molecule has 4 nitrogen and oxygen atoms in total. The molecule has 0 aromatic carbocycles. The van der Waals surface area contributed by atoms with Crippen molar-refractivity contribution in [3.05, 3.63) is 0 Å². The fourth-order valence-electron chi connectivity index (χ4n) is 1.66. The van der Waals surface area contributed by atoms with E-state index in [2.05, 4.69) is 25.7 Å². The molecule has 0 saturated carbocycles. The van der Waals surface area contributed by atoms with Crippen LogP contribution in [0.25, 0.3) is 0 Å². The maximum absolute atomic E-state index is 10.9. The van der Waals surface area contributed by atoms with E-state index in [4.69, 9.17) is 11.5 Å². The molecule has 1 amide bonds. The minimum atomic E-state index is -0.270. The van der Waals surface area contributed by atoms with Crippen LogP contribution >= 0.6 is 0 Å². The molecule has 0 aliphatic rings. The Morgan fingerprint density at radius 1 is 1.40 bits per heavy atom. The number of carbonyl (C=O) groups is 1. The van der Waals surface area contributed by atoms with Gasteiger partial charge in [-0.1, -0.05) is 27.2 Å². The molecule has 0 spiro atoms. The van der Waals surface area contributed by atoms with Gasteiger partial charge >= 0.3 is 0 Å². The third-order valence-corrected chi connectivity index (χ3v) is 2.87. The number of carbonyl (C=O) groups excluding carboxylic acids is 1. The van der Waals surface area contributed by atoms with Gasteiger partial charge in [0.15, 0.2) is 0 Å². The lowest BCUT2D eigenvalue weighted by Gasteiger charge is -2.31. The molecule has 0 aromatic rings. The Bertz CT molecular complexity index is 185. The molecule has 0 aliphatic carbocycles. The van der Waals surface area contributed by atoms with Crippen molar-refractivity contribution in [2.75, 3.05) is 19.6 Å². The van der Waals surface area contributed by atoms with Gasteiger partial charge in [0.05, 0.1) is 0 Å². The van der Waals surface area contributed by atoms with Gasteiger partial charge in [-0.25, -0.2) is 0 Å². The SMILES string of the molecule is CCC(C)CN(CC)C(CN)CC(N)=O. The van der Waals surface area contributed by atoms with Gasteiger partial charge in [0, 0.05) is 25.6 Å². The van der Waals surface area contributed by atoms with Gasteiger partial charge in [-0.05, 0) is 12.5 Å². The molecule has 0 aliphatic heterocycles. The van der Waals surface area contributed by atoms with E-state index >= 15 is 0 Å². The van der Waals surface area contributed by atoms with Crippen molar-refractivity contribution in [1.29, 1.82) is 0 Å². The lowest BCUT2D eigenvalue weighted by atomic mass is 10.1. The van der Waals surface area contributed by atoms with Crippen LogP contribution in [0, 0.1) is 5.92 Å². The molecule has 2 atom stereocenters. The summed E-state index contributed by atoms with van der Waals surface area (Å²) in [4.78, 5) is 13.1. The van der Waals surface area contributed by atoms with Crippen LogP contribution in [-0.2, 0) is 4.79 Å². The van der Waals surface area contributed by atoms with Crippen LogP contribution in [0.15, 0.2) is 0 Å². The topological polar surface area (TPSA) is 72.3 Å². The first-order chi connectivity index (χ1) is 7.04. The summed E-state index contributed by atoms with van der Waals surface area (Å²) in [6, 6.07) is 0.0986. The second kappa shape index (κ2) is 7.65. The summed E-state index contributed by atoms with van der Waals surface area (Å²) in [5.41, 5.74) is 10.9. The van der Waals surface area contributed by atoms with Crippen molar-refractivity contribution in [2.45, 2.75) is 39.7 Å². The van der Waals surface area contributed by atoms with Crippen LogP contribution < -0.4 is 11.5 Å². The van der Waals surface area contributed by atoms with E-state index in [0.29, 0.717) is 18.9 Å². The maximum atomic E-state index is 10.9. The van der Waals surface area contributed by atoms with E-state index < -0.39 is 0 Å². The van der Waals surface area contributed by atoms with Crippen LogP contribution in [0.1, 0.15) is 33.6 Å². The average Bonchev–Trinajstić information content (AvgIpc) is 2.22. The number of nitrogens with two attached hydrogens (primary N) is 2. The number of likely N-dealkylation sites (N-methyl/N-ethyl adjacent to an activating group) is 1. The highest BCUT2D eigenvalue weighted by Crippen LogP contribution is 2.09. The molecule has 0 rings (SSSR count). The Balaban J connectivity index is 4.26. The van der Waals surface area contributed by atoms with E-state index in [1.54, 1.807) is 0 Å². The van der Waals surface area contributed by atoms with E-state index in [9.17, 15) is 4.79 Å². The van der Waals surface area contributed by atoms with Gasteiger partial charge < -0.3 is 11.5 Å². The monoisotopic (exact) mass is 215 g/mol. The Labute approximate surface area is 93.0 Å². The van der Waals surface area contributed by atoms with Gasteiger partial charge in [-0.3, -0.25) is 9.69 Å². The van der Waals surface area contributed by atoms with Gasteiger partial charge in [-0.2, -0.15) is 0 Å². The maximum Gasteiger partial charge on any atom is 0.219 e. The highest BCUT2D eigenvalue weighted by Gasteiger charge is 2.18. The van der Waals surface area contributed by atoms with Crippen molar-refractivity contribution >= 4 is 5.91 Å². The Kier molecular flexibility index (Phi) is 7.34. The van der Waals surface area contributed by atoms with Gasteiger partial charge in [0.2, 0.25) is 5.91 Å². The molecule has 2 unspecified atom stereocenters. The van der Waals surface area contributed by atoms with Crippen molar-refractivity contribution < 1.29 is 4.79 Å². The summed E-state index contributed by atoms with van der Waals surface area (Å²) in [6.45, 7) is 8.87. The van der Waals surface area contributed by atoms with Crippen molar-refractivity contribution in [3.63, 3.8) is 0 Å². The first-order valence-corrected chi connectivity index (χ1v) is 5.77. The summed E-state index contributed by atoms with van der Waals surface area (Å²) in [6.07, 6.45) is 1.51. The number of primary amides is 1. The second-order valence-corrected chi connectivity index (χ2v) is 4.16. The van der Waals surface area contributed by atoms with Crippen molar-refractivity contribution in [2.24, 2.45) is 17.4 Å². The Hall–Kier alpha value is -0.610. The quantitative estimate of drug-likeness (QED) is 0.621. The average molecular weight is 215 g/mol. The second-order valence-electron chi connectivity index (χ2n) is 4.16. The number of hydrogen-bond donors (Lipinski definition) is 2. The first kappa shape index (κ1) is 14.4. The minimum absolute atomic E-state index is 0.0986. The molecule has 15 heavy (non-hydrogen) atoms. The van der Waals surface area contributed by atoms with Gasteiger partial charge in [-0.15, -0.1) is 0 Å². The zero-order chi connectivity index (χ0) is 11.8. The third kappa shape index (κ3) is 5.74. The molecule has 0 saturated heterocycles. The van der Waals surface area contributed by atoms with Crippen LogP contribution in [0.5, 0.6) is 0 Å². The molecule has 0 radical (unpaired) electrons. The Morgan fingerprint density at radius 2 is 2.00 bits per heavy atom. The van der Waals surface area contributed by atoms with Crippen LogP contribution in [0.4, 0.5) is 0 Å². The van der Waals surface area contributed by atoms with E-state index in [0.717, 1.165) is 19.5 Å². The molecule has 0 fully saturated rings. The summed E-state index contributed by atoms with van der Waals surface area (Å²) in [5, 5.41) is 0. The largest absolute Gasteiger partial charge is 0.370 e. The van der Waals surface area contributed by atoms with E-state index in [1.807, 2.05) is 0 Å². The van der Waals surface area contributed by atoms with Crippen LogP contribution in [-0.4, -0.2) is 36.5 Å². The number of amides is 1. The molecule has 0 bridgehead atoms. The van der Waals surface area contributed by atoms with Crippen LogP contribution in [0.2, 0.25) is 0 Å². The van der Waals surface area contributed by atoms with Crippen LogP contribution in [0.3, 0.4) is 0 Å². The molecule has 4 heteroatoms. The lowest BCUT2D eigenvalue weighted by molar-refractivity contribution is -0.119. The Morgan fingerprint density at radius 3 is 2.33 bits per heavy atom. The van der Waals surface area contributed by atoms with Crippen molar-refractivity contribution in [3.8, 4) is 0 Å². The fourth-order valence-corrected chi connectivity index (χ4v) is 1.66. The highest BCUT2D eigenvalue weighted by molar-refractivity contribution is 5.74.